The second kappa shape index (κ2) is 8.65. The van der Waals surface area contributed by atoms with E-state index in [1.54, 1.807) is 0 Å². The van der Waals surface area contributed by atoms with Gasteiger partial charge in [0.25, 0.3) is 0 Å². The summed E-state index contributed by atoms with van der Waals surface area (Å²) in [5.74, 6) is 0.576. The Bertz CT molecular complexity index is 208. The van der Waals surface area contributed by atoms with Gasteiger partial charge in [0.1, 0.15) is 0 Å². The first kappa shape index (κ1) is 14.4. The van der Waals surface area contributed by atoms with Gasteiger partial charge in [-0.3, -0.25) is 5.43 Å². The summed E-state index contributed by atoms with van der Waals surface area (Å²) in [4.78, 5) is 0. The van der Waals surface area contributed by atoms with Crippen LogP contribution in [-0.2, 0) is 0 Å². The van der Waals surface area contributed by atoms with Gasteiger partial charge >= 0.3 is 0 Å². The maximum Gasteiger partial charge on any atom is 0.184 e. The van der Waals surface area contributed by atoms with Gasteiger partial charge in [-0.2, -0.15) is 5.10 Å². The summed E-state index contributed by atoms with van der Waals surface area (Å²) in [6, 6.07) is 0. The van der Waals surface area contributed by atoms with Crippen LogP contribution in [0.15, 0.2) is 5.10 Å². The molecular formula is C11H23N3S. The third-order valence-electron chi connectivity index (χ3n) is 2.42. The number of hydrazone groups is 1. The van der Waals surface area contributed by atoms with E-state index in [9.17, 15) is 0 Å². The average Bonchev–Trinajstić information content (AvgIpc) is 2.19. The molecule has 88 valence electrons. The first-order chi connectivity index (χ1) is 7.15. The van der Waals surface area contributed by atoms with Gasteiger partial charge in [0.2, 0.25) is 0 Å². The molecule has 15 heavy (non-hydrogen) atoms. The number of nitrogens with two attached hydrogens (primary N) is 1. The van der Waals surface area contributed by atoms with Crippen LogP contribution in [-0.4, -0.2) is 10.8 Å². The third kappa shape index (κ3) is 6.44. The zero-order valence-corrected chi connectivity index (χ0v) is 10.9. The van der Waals surface area contributed by atoms with Crippen LogP contribution < -0.4 is 11.2 Å². The van der Waals surface area contributed by atoms with Crippen LogP contribution in [0.5, 0.6) is 0 Å². The van der Waals surface area contributed by atoms with Gasteiger partial charge in [-0.15, -0.1) is 0 Å². The zero-order valence-electron chi connectivity index (χ0n) is 10.0. The van der Waals surface area contributed by atoms with Gasteiger partial charge in [0.15, 0.2) is 5.11 Å². The first-order valence-electron chi connectivity index (χ1n) is 5.77. The predicted octanol–water partition coefficient (Wildman–Crippen LogP) is 2.80. The molecule has 0 radical (unpaired) electrons. The van der Waals surface area contributed by atoms with E-state index in [2.05, 4.69) is 31.3 Å². The smallest absolute Gasteiger partial charge is 0.184 e. The second-order valence-corrected chi connectivity index (χ2v) is 4.15. The number of hydrogen-bond acceptors (Lipinski definition) is 2. The molecule has 0 aliphatic rings. The number of thiocarbonyl (C=S) groups is 1. The maximum absolute atomic E-state index is 5.36. The number of hydrogen-bond donors (Lipinski definition) is 2. The highest BCUT2D eigenvalue weighted by Crippen LogP contribution is 2.17. The van der Waals surface area contributed by atoms with Gasteiger partial charge in [0, 0.05) is 5.71 Å². The molecule has 0 unspecified atom stereocenters. The van der Waals surface area contributed by atoms with E-state index < -0.39 is 0 Å². The van der Waals surface area contributed by atoms with Crippen molar-refractivity contribution in [3.8, 4) is 0 Å². The minimum Gasteiger partial charge on any atom is -0.375 e. The first-order valence-corrected chi connectivity index (χ1v) is 6.18. The highest BCUT2D eigenvalue weighted by Gasteiger charge is 2.12. The quantitative estimate of drug-likeness (QED) is 0.401. The van der Waals surface area contributed by atoms with Crippen molar-refractivity contribution in [1.82, 2.24) is 5.43 Å². The van der Waals surface area contributed by atoms with Gasteiger partial charge in [0.05, 0.1) is 0 Å². The molecule has 0 aromatic carbocycles. The van der Waals surface area contributed by atoms with E-state index in [0.29, 0.717) is 5.92 Å². The Morgan fingerprint density at radius 2 is 1.80 bits per heavy atom. The van der Waals surface area contributed by atoms with Gasteiger partial charge in [-0.1, -0.05) is 33.6 Å². The lowest BCUT2D eigenvalue weighted by Gasteiger charge is -2.16. The summed E-state index contributed by atoms with van der Waals surface area (Å²) in [6.07, 6.45) is 5.73. The Kier molecular flexibility index (Phi) is 8.28. The van der Waals surface area contributed by atoms with Crippen molar-refractivity contribution in [3.05, 3.63) is 0 Å². The van der Waals surface area contributed by atoms with Crippen LogP contribution in [0.1, 0.15) is 52.9 Å². The minimum absolute atomic E-state index is 0.243. The highest BCUT2D eigenvalue weighted by molar-refractivity contribution is 7.80. The van der Waals surface area contributed by atoms with E-state index in [0.717, 1.165) is 6.42 Å². The largest absolute Gasteiger partial charge is 0.375 e. The molecule has 0 spiro atoms. The average molecular weight is 229 g/mol. The monoisotopic (exact) mass is 229 g/mol. The molecule has 0 atom stereocenters. The Hall–Kier alpha value is -0.640. The van der Waals surface area contributed by atoms with E-state index in [1.165, 1.54) is 31.4 Å². The molecule has 0 aliphatic heterocycles. The summed E-state index contributed by atoms with van der Waals surface area (Å²) >= 11 is 4.74. The molecule has 0 saturated heterocycles. The van der Waals surface area contributed by atoms with E-state index in [4.69, 9.17) is 18.0 Å². The molecule has 0 aromatic heterocycles. The summed E-state index contributed by atoms with van der Waals surface area (Å²) in [7, 11) is 0. The maximum atomic E-state index is 5.36. The van der Waals surface area contributed by atoms with Crippen LogP contribution >= 0.6 is 12.2 Å². The standard InChI is InChI=1S/C11H23N3S/c1-4-7-9(8-5-2)10(6-3)13-14-11(12)15/h9H,4-8H2,1-3H3,(H3,12,14,15)/b13-10-. The lowest BCUT2D eigenvalue weighted by Crippen LogP contribution is -2.27. The fraction of sp³-hybridized carbons (Fsp3) is 0.818. The van der Waals surface area contributed by atoms with E-state index >= 15 is 0 Å². The molecule has 0 heterocycles. The SMILES string of the molecule is CCCC(CCC)/C(CC)=N\NC(N)=S. The van der Waals surface area contributed by atoms with Crippen molar-refractivity contribution in [2.45, 2.75) is 52.9 Å². The third-order valence-corrected chi connectivity index (χ3v) is 2.51. The van der Waals surface area contributed by atoms with Crippen molar-refractivity contribution in [2.75, 3.05) is 0 Å². The van der Waals surface area contributed by atoms with Crippen molar-refractivity contribution in [1.29, 1.82) is 0 Å². The summed E-state index contributed by atoms with van der Waals surface area (Å²) in [5, 5.41) is 4.52. The second-order valence-electron chi connectivity index (χ2n) is 3.71. The molecule has 0 fully saturated rings. The number of nitrogens with one attached hydrogen (secondary N) is 1. The lowest BCUT2D eigenvalue weighted by atomic mass is 9.92. The molecule has 3 nitrogen and oxygen atoms in total. The Balaban J connectivity index is 4.41. The topological polar surface area (TPSA) is 50.4 Å². The van der Waals surface area contributed by atoms with Gasteiger partial charge in [-0.05, 0) is 37.4 Å². The molecule has 0 amide bonds. The van der Waals surface area contributed by atoms with Gasteiger partial charge < -0.3 is 5.73 Å². The van der Waals surface area contributed by atoms with E-state index in [1.807, 2.05) is 0 Å². The summed E-state index contributed by atoms with van der Waals surface area (Å²) in [5.41, 5.74) is 9.23. The number of rotatable bonds is 7. The molecule has 0 bridgehead atoms. The van der Waals surface area contributed by atoms with E-state index in [-0.39, 0.29) is 5.11 Å². The summed E-state index contributed by atoms with van der Waals surface area (Å²) in [6.45, 7) is 6.53. The van der Waals surface area contributed by atoms with Crippen molar-refractivity contribution in [2.24, 2.45) is 16.8 Å². The van der Waals surface area contributed by atoms with Crippen molar-refractivity contribution in [3.63, 3.8) is 0 Å². The molecule has 0 aromatic rings. The van der Waals surface area contributed by atoms with Crippen LogP contribution in [0.3, 0.4) is 0 Å². The fourth-order valence-corrected chi connectivity index (χ4v) is 1.81. The molecular weight excluding hydrogens is 206 g/mol. The predicted molar refractivity (Wildman–Crippen MR) is 71.0 cm³/mol. The Morgan fingerprint density at radius 3 is 2.13 bits per heavy atom. The van der Waals surface area contributed by atoms with Crippen LogP contribution in [0.2, 0.25) is 0 Å². The molecule has 0 rings (SSSR count). The van der Waals surface area contributed by atoms with Crippen LogP contribution in [0.25, 0.3) is 0 Å². The van der Waals surface area contributed by atoms with Crippen molar-refractivity contribution < 1.29 is 0 Å². The molecule has 0 saturated carbocycles. The number of nitrogens with zero attached hydrogens (tertiary/aromatic N) is 1. The van der Waals surface area contributed by atoms with Crippen molar-refractivity contribution >= 4 is 23.0 Å². The fourth-order valence-electron chi connectivity index (χ4n) is 1.76. The Labute approximate surface area is 98.5 Å². The normalized spacial score (nSPS) is 11.9. The molecule has 3 N–H and O–H groups in total. The molecule has 0 aliphatic carbocycles. The highest BCUT2D eigenvalue weighted by atomic mass is 32.1. The van der Waals surface area contributed by atoms with Gasteiger partial charge in [-0.25, -0.2) is 0 Å². The zero-order chi connectivity index (χ0) is 11.7. The summed E-state index contributed by atoms with van der Waals surface area (Å²) < 4.78 is 0. The van der Waals surface area contributed by atoms with Crippen LogP contribution in [0, 0.1) is 5.92 Å². The Morgan fingerprint density at radius 1 is 1.27 bits per heavy atom. The minimum atomic E-state index is 0.243. The van der Waals surface area contributed by atoms with Crippen LogP contribution in [0.4, 0.5) is 0 Å². The lowest BCUT2D eigenvalue weighted by molar-refractivity contribution is 0.549. The molecule has 4 heteroatoms.